The van der Waals surface area contributed by atoms with E-state index in [1.165, 1.54) is 65.7 Å². The van der Waals surface area contributed by atoms with Gasteiger partial charge in [0.1, 0.15) is 0 Å². The van der Waals surface area contributed by atoms with Crippen LogP contribution in [-0.4, -0.2) is 0 Å². The van der Waals surface area contributed by atoms with Crippen molar-refractivity contribution in [2.24, 2.45) is 0 Å². The normalized spacial score (nSPS) is 12.9. The molecule has 9 aromatic rings. The lowest BCUT2D eigenvalue weighted by molar-refractivity contribution is 0.661. The summed E-state index contributed by atoms with van der Waals surface area (Å²) in [6, 6.07) is 67.1. The van der Waals surface area contributed by atoms with Gasteiger partial charge in [-0.1, -0.05) is 159 Å². The van der Waals surface area contributed by atoms with E-state index in [-0.39, 0.29) is 5.41 Å². The zero-order valence-corrected chi connectivity index (χ0v) is 34.1. The summed E-state index contributed by atoms with van der Waals surface area (Å²) in [6.45, 7) is 13.1. The second kappa shape index (κ2) is 14.3. The number of allylic oxidation sites excluding steroid dienone is 2. The van der Waals surface area contributed by atoms with Gasteiger partial charge in [0, 0.05) is 49.7 Å². The summed E-state index contributed by atoms with van der Waals surface area (Å²) in [5.41, 5.74) is 15.3. The molecule has 2 heteroatoms. The lowest BCUT2D eigenvalue weighted by atomic mass is 9.81. The van der Waals surface area contributed by atoms with Crippen LogP contribution in [0.3, 0.4) is 0 Å². The topological polar surface area (TPSA) is 6.48 Å². The highest BCUT2D eigenvalue weighted by molar-refractivity contribution is 6.24. The molecular formula is C57H46N2. The molecule has 284 valence electrons. The molecule has 9 aromatic carbocycles. The number of aryl methyl sites for hydroxylation is 1. The molecule has 0 unspecified atom stereocenters. The minimum Gasteiger partial charge on any atom is -0.309 e. The highest BCUT2D eigenvalue weighted by atomic mass is 15.2. The molecule has 0 heterocycles. The molecule has 0 saturated carbocycles. The third-order valence-electron chi connectivity index (χ3n) is 12.2. The molecule has 0 radical (unpaired) electrons. The molecule has 2 nitrogen and oxygen atoms in total. The Morgan fingerprint density at radius 3 is 1.66 bits per heavy atom. The van der Waals surface area contributed by atoms with Crippen LogP contribution in [0.5, 0.6) is 0 Å². The number of rotatable bonds is 8. The van der Waals surface area contributed by atoms with Crippen molar-refractivity contribution in [3.8, 4) is 11.1 Å². The molecule has 0 aliphatic heterocycles. The average molecular weight is 759 g/mol. The summed E-state index contributed by atoms with van der Waals surface area (Å²) >= 11 is 0. The number of hydrogen-bond acceptors (Lipinski definition) is 2. The molecule has 0 N–H and O–H groups in total. The number of para-hydroxylation sites is 2. The monoisotopic (exact) mass is 758 g/mol. The Bertz CT molecular complexity index is 3120. The summed E-state index contributed by atoms with van der Waals surface area (Å²) in [7, 11) is 0. The maximum Gasteiger partial charge on any atom is 0.0620 e. The molecule has 0 bridgehead atoms. The maximum atomic E-state index is 4.10. The van der Waals surface area contributed by atoms with E-state index in [1.54, 1.807) is 0 Å². The molecule has 1 aliphatic rings. The SMILES string of the molecule is C=C(C)C=Cc1ccc(N(c2ccccc2)c2c3ccccc3c(N(c3ccccc3)c3ccc4ccccc4c3)c3cc4c(cc23)C(C)(C)c2ccccc2-4)cc1C. The largest absolute Gasteiger partial charge is 0.309 e. The van der Waals surface area contributed by atoms with Gasteiger partial charge in [-0.15, -0.1) is 0 Å². The van der Waals surface area contributed by atoms with Gasteiger partial charge in [-0.05, 0) is 119 Å². The molecule has 0 aromatic heterocycles. The molecule has 0 spiro atoms. The summed E-state index contributed by atoms with van der Waals surface area (Å²) in [4.78, 5) is 4.97. The molecule has 0 fully saturated rings. The lowest BCUT2D eigenvalue weighted by Crippen LogP contribution is -2.17. The molecule has 0 amide bonds. The maximum absolute atomic E-state index is 4.10. The van der Waals surface area contributed by atoms with Crippen LogP contribution in [0.4, 0.5) is 34.1 Å². The van der Waals surface area contributed by atoms with Gasteiger partial charge < -0.3 is 9.80 Å². The van der Waals surface area contributed by atoms with Gasteiger partial charge in [0.2, 0.25) is 0 Å². The zero-order chi connectivity index (χ0) is 40.3. The van der Waals surface area contributed by atoms with Gasteiger partial charge in [-0.25, -0.2) is 0 Å². The van der Waals surface area contributed by atoms with Crippen molar-refractivity contribution in [1.82, 2.24) is 0 Å². The Balaban J connectivity index is 1.36. The van der Waals surface area contributed by atoms with Crippen LogP contribution in [-0.2, 0) is 5.41 Å². The lowest BCUT2D eigenvalue weighted by Gasteiger charge is -2.34. The van der Waals surface area contributed by atoms with Crippen molar-refractivity contribution in [1.29, 1.82) is 0 Å². The van der Waals surface area contributed by atoms with Gasteiger partial charge >= 0.3 is 0 Å². The highest BCUT2D eigenvalue weighted by Crippen LogP contribution is 2.56. The predicted molar refractivity (Wildman–Crippen MR) is 254 cm³/mol. The van der Waals surface area contributed by atoms with Crippen molar-refractivity contribution in [2.45, 2.75) is 33.1 Å². The zero-order valence-electron chi connectivity index (χ0n) is 34.1. The fraction of sp³-hybridized carbons (Fsp3) is 0.0877. The number of anilines is 6. The first-order valence-corrected chi connectivity index (χ1v) is 20.5. The van der Waals surface area contributed by atoms with E-state index in [9.17, 15) is 0 Å². The molecule has 0 atom stereocenters. The van der Waals surface area contributed by atoms with E-state index in [0.29, 0.717) is 0 Å². The first kappa shape index (κ1) is 36.2. The predicted octanol–water partition coefficient (Wildman–Crippen LogP) is 16.3. The summed E-state index contributed by atoms with van der Waals surface area (Å²) in [6.07, 6.45) is 4.26. The summed E-state index contributed by atoms with van der Waals surface area (Å²) in [5, 5.41) is 7.18. The quantitative estimate of drug-likeness (QED) is 0.0865. The molecular weight excluding hydrogens is 713 g/mol. The highest BCUT2D eigenvalue weighted by Gasteiger charge is 2.37. The third kappa shape index (κ3) is 6.11. The fourth-order valence-corrected chi connectivity index (χ4v) is 9.31. The number of benzene rings is 9. The van der Waals surface area contributed by atoms with Crippen LogP contribution < -0.4 is 9.80 Å². The first-order chi connectivity index (χ1) is 28.8. The van der Waals surface area contributed by atoms with Crippen LogP contribution in [0.2, 0.25) is 0 Å². The van der Waals surface area contributed by atoms with Crippen LogP contribution in [0.15, 0.2) is 200 Å². The molecule has 10 rings (SSSR count). The van der Waals surface area contributed by atoms with E-state index in [2.05, 4.69) is 231 Å². The second-order valence-corrected chi connectivity index (χ2v) is 16.5. The van der Waals surface area contributed by atoms with Gasteiger partial charge in [0.05, 0.1) is 11.4 Å². The van der Waals surface area contributed by atoms with Crippen molar-refractivity contribution >= 4 is 72.5 Å². The summed E-state index contributed by atoms with van der Waals surface area (Å²) in [5.74, 6) is 0. The number of fused-ring (bicyclic) bond motifs is 6. The fourth-order valence-electron chi connectivity index (χ4n) is 9.31. The average Bonchev–Trinajstić information content (AvgIpc) is 3.49. The number of hydrogen-bond donors (Lipinski definition) is 0. The second-order valence-electron chi connectivity index (χ2n) is 16.5. The Hall–Kier alpha value is -7.16. The van der Waals surface area contributed by atoms with E-state index < -0.39 is 0 Å². The number of nitrogens with zero attached hydrogens (tertiary/aromatic N) is 2. The Kier molecular flexibility index (Phi) is 8.80. The standard InChI is InChI=1S/C57H46N2/c1-38(2)28-29-40-30-32-45(34-39(40)3)58(43-20-8-6-9-21-43)56-49-26-15-14-25-48(49)55(51-36-50-47-24-16-17-27-53(47)57(4,5)54(50)37-52(51)56)59(44-22-10-7-11-23-44)46-33-31-41-18-12-13-19-42(41)35-46/h6-37H,1H2,2-5H3. The van der Waals surface area contributed by atoms with Crippen molar-refractivity contribution < 1.29 is 0 Å². The van der Waals surface area contributed by atoms with Gasteiger partial charge in [0.15, 0.2) is 0 Å². The van der Waals surface area contributed by atoms with Crippen LogP contribution >= 0.6 is 0 Å². The van der Waals surface area contributed by atoms with E-state index >= 15 is 0 Å². The van der Waals surface area contributed by atoms with Crippen LogP contribution in [0, 0.1) is 6.92 Å². The third-order valence-corrected chi connectivity index (χ3v) is 12.2. The van der Waals surface area contributed by atoms with Gasteiger partial charge in [-0.2, -0.15) is 0 Å². The van der Waals surface area contributed by atoms with Gasteiger partial charge in [-0.3, -0.25) is 0 Å². The molecule has 59 heavy (non-hydrogen) atoms. The minimum absolute atomic E-state index is 0.188. The van der Waals surface area contributed by atoms with E-state index in [1.807, 2.05) is 6.92 Å². The molecule has 1 aliphatic carbocycles. The van der Waals surface area contributed by atoms with Crippen LogP contribution in [0.25, 0.3) is 49.5 Å². The molecule has 0 saturated heterocycles. The Morgan fingerprint density at radius 2 is 1.02 bits per heavy atom. The first-order valence-electron chi connectivity index (χ1n) is 20.5. The van der Waals surface area contributed by atoms with E-state index in [4.69, 9.17) is 0 Å². The Labute approximate surface area is 347 Å². The van der Waals surface area contributed by atoms with Crippen molar-refractivity contribution in [2.75, 3.05) is 9.80 Å². The van der Waals surface area contributed by atoms with E-state index in [0.717, 1.165) is 39.7 Å². The minimum atomic E-state index is -0.188. The Morgan fingerprint density at radius 1 is 0.475 bits per heavy atom. The smallest absolute Gasteiger partial charge is 0.0620 e. The summed E-state index contributed by atoms with van der Waals surface area (Å²) < 4.78 is 0. The van der Waals surface area contributed by atoms with Crippen molar-refractivity contribution in [3.05, 3.63) is 222 Å². The van der Waals surface area contributed by atoms with Crippen molar-refractivity contribution in [3.63, 3.8) is 0 Å². The van der Waals surface area contributed by atoms with Crippen LogP contribution in [0.1, 0.15) is 43.0 Å². The van der Waals surface area contributed by atoms with Gasteiger partial charge in [0.25, 0.3) is 0 Å².